The monoisotopic (exact) mass is 259 g/mol. The van der Waals surface area contributed by atoms with Crippen LogP contribution in [0.5, 0.6) is 0 Å². The van der Waals surface area contributed by atoms with Crippen molar-refractivity contribution in [2.24, 2.45) is 11.3 Å². The van der Waals surface area contributed by atoms with Crippen molar-refractivity contribution in [3.63, 3.8) is 0 Å². The maximum Gasteiger partial charge on any atom is 0.0652 e. The molecule has 2 nitrogen and oxygen atoms in total. The Morgan fingerprint density at radius 1 is 1.21 bits per heavy atom. The van der Waals surface area contributed by atoms with Gasteiger partial charge in [0.2, 0.25) is 0 Å². The second-order valence-electron chi connectivity index (χ2n) is 6.73. The third-order valence-electron chi connectivity index (χ3n) is 5.10. The predicted octanol–water partition coefficient (Wildman–Crippen LogP) is 3.54. The largest absolute Gasteiger partial charge is 0.381 e. The normalized spacial score (nSPS) is 30.7. The standard InChI is InChI=1S/C17H25NO/c1-17(2)14(11-15(17)19-3)18-16(13-9-10-13)12-7-5-4-6-8-12/h4-8,13-16,18H,9-11H2,1-3H3. The van der Waals surface area contributed by atoms with Gasteiger partial charge in [-0.15, -0.1) is 0 Å². The first kappa shape index (κ1) is 13.1. The second-order valence-corrected chi connectivity index (χ2v) is 6.73. The molecule has 2 aliphatic carbocycles. The summed E-state index contributed by atoms with van der Waals surface area (Å²) in [6, 6.07) is 12.0. The molecule has 0 heterocycles. The zero-order valence-electron chi connectivity index (χ0n) is 12.2. The Morgan fingerprint density at radius 3 is 2.42 bits per heavy atom. The van der Waals surface area contributed by atoms with Crippen molar-refractivity contribution >= 4 is 0 Å². The average molecular weight is 259 g/mol. The smallest absolute Gasteiger partial charge is 0.0652 e. The Kier molecular flexibility index (Phi) is 3.40. The fourth-order valence-corrected chi connectivity index (χ4v) is 3.38. The van der Waals surface area contributed by atoms with Crippen molar-refractivity contribution < 1.29 is 4.74 Å². The first-order valence-corrected chi connectivity index (χ1v) is 7.46. The molecule has 0 radical (unpaired) electrons. The van der Waals surface area contributed by atoms with E-state index in [4.69, 9.17) is 4.74 Å². The van der Waals surface area contributed by atoms with E-state index in [2.05, 4.69) is 49.5 Å². The van der Waals surface area contributed by atoms with Gasteiger partial charge in [0, 0.05) is 24.6 Å². The van der Waals surface area contributed by atoms with Gasteiger partial charge in [0.25, 0.3) is 0 Å². The Balaban J connectivity index is 1.70. The zero-order chi connectivity index (χ0) is 13.5. The minimum absolute atomic E-state index is 0.247. The molecule has 3 unspecified atom stereocenters. The van der Waals surface area contributed by atoms with Crippen LogP contribution in [0.2, 0.25) is 0 Å². The number of rotatable bonds is 5. The number of nitrogens with one attached hydrogen (secondary N) is 1. The van der Waals surface area contributed by atoms with Crippen LogP contribution in [0.4, 0.5) is 0 Å². The lowest BCUT2D eigenvalue weighted by atomic mass is 9.64. The highest BCUT2D eigenvalue weighted by atomic mass is 16.5. The summed E-state index contributed by atoms with van der Waals surface area (Å²) in [6.07, 6.45) is 4.28. The number of hydrogen-bond donors (Lipinski definition) is 1. The molecule has 1 aromatic rings. The predicted molar refractivity (Wildman–Crippen MR) is 78.0 cm³/mol. The molecule has 0 bridgehead atoms. The van der Waals surface area contributed by atoms with Gasteiger partial charge in [-0.2, -0.15) is 0 Å². The summed E-state index contributed by atoms with van der Waals surface area (Å²) >= 11 is 0. The second kappa shape index (κ2) is 4.92. The quantitative estimate of drug-likeness (QED) is 0.873. The first-order valence-electron chi connectivity index (χ1n) is 7.46. The maximum atomic E-state index is 5.56. The molecule has 3 rings (SSSR count). The molecule has 0 amide bonds. The average Bonchev–Trinajstić information content (AvgIpc) is 3.23. The lowest BCUT2D eigenvalue weighted by Gasteiger charge is -2.52. The fraction of sp³-hybridized carbons (Fsp3) is 0.647. The molecule has 0 aromatic heterocycles. The van der Waals surface area contributed by atoms with E-state index in [1.165, 1.54) is 18.4 Å². The van der Waals surface area contributed by atoms with E-state index in [1.807, 2.05) is 7.11 Å². The molecule has 19 heavy (non-hydrogen) atoms. The van der Waals surface area contributed by atoms with E-state index >= 15 is 0 Å². The SMILES string of the molecule is COC1CC(NC(c2ccccc2)C2CC2)C1(C)C. The zero-order valence-corrected chi connectivity index (χ0v) is 12.2. The van der Waals surface area contributed by atoms with Crippen molar-refractivity contribution in [3.05, 3.63) is 35.9 Å². The topological polar surface area (TPSA) is 21.3 Å². The maximum absolute atomic E-state index is 5.56. The molecule has 1 N–H and O–H groups in total. The van der Waals surface area contributed by atoms with E-state index in [9.17, 15) is 0 Å². The third-order valence-corrected chi connectivity index (χ3v) is 5.10. The van der Waals surface area contributed by atoms with Crippen LogP contribution >= 0.6 is 0 Å². The number of methoxy groups -OCH3 is 1. The Labute approximate surface area is 116 Å². The van der Waals surface area contributed by atoms with Gasteiger partial charge in [0.05, 0.1) is 6.10 Å². The first-order chi connectivity index (χ1) is 9.13. The van der Waals surface area contributed by atoms with E-state index in [0.717, 1.165) is 12.3 Å². The van der Waals surface area contributed by atoms with Gasteiger partial charge in [-0.1, -0.05) is 44.2 Å². The van der Waals surface area contributed by atoms with E-state index in [1.54, 1.807) is 0 Å². The van der Waals surface area contributed by atoms with E-state index in [-0.39, 0.29) is 5.41 Å². The van der Waals surface area contributed by atoms with Crippen LogP contribution in [0.15, 0.2) is 30.3 Å². The molecule has 0 spiro atoms. The minimum Gasteiger partial charge on any atom is -0.381 e. The van der Waals surface area contributed by atoms with Crippen LogP contribution in [0.1, 0.15) is 44.7 Å². The minimum atomic E-state index is 0.247. The van der Waals surface area contributed by atoms with Gasteiger partial charge in [0.1, 0.15) is 0 Å². The van der Waals surface area contributed by atoms with Crippen molar-refractivity contribution in [1.82, 2.24) is 5.32 Å². The van der Waals surface area contributed by atoms with Crippen LogP contribution in [0.25, 0.3) is 0 Å². The van der Waals surface area contributed by atoms with Crippen LogP contribution in [0, 0.1) is 11.3 Å². The summed E-state index contributed by atoms with van der Waals surface area (Å²) in [5, 5.41) is 3.91. The summed E-state index contributed by atoms with van der Waals surface area (Å²) in [5.74, 6) is 0.833. The number of ether oxygens (including phenoxy) is 1. The molecule has 1 aromatic carbocycles. The molecule has 0 aliphatic heterocycles. The summed E-state index contributed by atoms with van der Waals surface area (Å²) < 4.78 is 5.56. The van der Waals surface area contributed by atoms with Crippen molar-refractivity contribution in [2.45, 2.75) is 51.3 Å². The van der Waals surface area contributed by atoms with Crippen molar-refractivity contribution in [1.29, 1.82) is 0 Å². The molecule has 3 atom stereocenters. The van der Waals surface area contributed by atoms with E-state index < -0.39 is 0 Å². The van der Waals surface area contributed by atoms with Crippen LogP contribution in [0.3, 0.4) is 0 Å². The Bertz CT molecular complexity index is 424. The van der Waals surface area contributed by atoms with Crippen LogP contribution < -0.4 is 5.32 Å². The third kappa shape index (κ3) is 2.44. The highest BCUT2D eigenvalue weighted by molar-refractivity contribution is 5.22. The molecule has 2 aliphatic rings. The summed E-state index contributed by atoms with van der Waals surface area (Å²) in [5.41, 5.74) is 1.69. The molecule has 104 valence electrons. The lowest BCUT2D eigenvalue weighted by Crippen LogP contribution is -2.61. The van der Waals surface area contributed by atoms with Gasteiger partial charge in [0.15, 0.2) is 0 Å². The lowest BCUT2D eigenvalue weighted by molar-refractivity contribution is -0.101. The summed E-state index contributed by atoms with van der Waals surface area (Å²) in [6.45, 7) is 4.63. The molecular weight excluding hydrogens is 234 g/mol. The van der Waals surface area contributed by atoms with Gasteiger partial charge in [-0.25, -0.2) is 0 Å². The van der Waals surface area contributed by atoms with E-state index in [0.29, 0.717) is 18.2 Å². The van der Waals surface area contributed by atoms with Gasteiger partial charge >= 0.3 is 0 Å². The summed E-state index contributed by atoms with van der Waals surface area (Å²) in [7, 11) is 1.83. The highest BCUT2D eigenvalue weighted by Gasteiger charge is 2.50. The molecular formula is C17H25NO. The van der Waals surface area contributed by atoms with Crippen LogP contribution in [-0.2, 0) is 4.74 Å². The van der Waals surface area contributed by atoms with Crippen LogP contribution in [-0.4, -0.2) is 19.3 Å². The molecule has 2 saturated carbocycles. The van der Waals surface area contributed by atoms with Gasteiger partial charge in [-0.05, 0) is 30.7 Å². The molecule has 0 saturated heterocycles. The van der Waals surface area contributed by atoms with Crippen molar-refractivity contribution in [2.75, 3.05) is 7.11 Å². The number of benzene rings is 1. The number of hydrogen-bond acceptors (Lipinski definition) is 2. The summed E-state index contributed by atoms with van der Waals surface area (Å²) in [4.78, 5) is 0. The molecule has 2 heteroatoms. The Morgan fingerprint density at radius 2 is 1.89 bits per heavy atom. The van der Waals surface area contributed by atoms with Crippen molar-refractivity contribution in [3.8, 4) is 0 Å². The van der Waals surface area contributed by atoms with Gasteiger partial charge in [-0.3, -0.25) is 0 Å². The Hall–Kier alpha value is -0.860. The van der Waals surface area contributed by atoms with Gasteiger partial charge < -0.3 is 10.1 Å². The highest BCUT2D eigenvalue weighted by Crippen LogP contribution is 2.47. The fourth-order valence-electron chi connectivity index (χ4n) is 3.38. The molecule has 2 fully saturated rings.